The average Bonchev–Trinajstić information content (AvgIpc) is 2.76. The molecule has 3 aromatic rings. The molecule has 2 aromatic heterocycles. The van der Waals surface area contributed by atoms with Crippen LogP contribution in [0.5, 0.6) is 11.5 Å². The zero-order valence-electron chi connectivity index (χ0n) is 16.0. The number of hydrogen-bond acceptors (Lipinski definition) is 8. The Bertz CT molecular complexity index is 923. The lowest BCUT2D eigenvalue weighted by Crippen LogP contribution is -2.32. The third kappa shape index (κ3) is 6.35. The summed E-state index contributed by atoms with van der Waals surface area (Å²) in [7, 11) is 1.55. The van der Waals surface area contributed by atoms with Crippen molar-refractivity contribution in [3.05, 3.63) is 61.1 Å². The minimum absolute atomic E-state index is 0.0912. The van der Waals surface area contributed by atoms with Crippen molar-refractivity contribution in [3.8, 4) is 11.5 Å². The van der Waals surface area contributed by atoms with Gasteiger partial charge in [-0.25, -0.2) is 15.0 Å². The fourth-order valence-corrected chi connectivity index (χ4v) is 2.42. The number of nitrogens with one attached hydrogen (secondary N) is 3. The first-order chi connectivity index (χ1) is 14.2. The molecule has 29 heavy (non-hydrogen) atoms. The lowest BCUT2D eigenvalue weighted by molar-refractivity contribution is -0.123. The van der Waals surface area contributed by atoms with Gasteiger partial charge in [0.05, 0.1) is 7.11 Å². The second-order valence-electron chi connectivity index (χ2n) is 5.84. The SMILES string of the molecule is COc1ccccc1OCC(=O)NCCNc1cc(Nc2ccccn2)ncn1. The molecule has 9 heteroatoms. The van der Waals surface area contributed by atoms with Crippen molar-refractivity contribution in [2.45, 2.75) is 0 Å². The molecule has 0 atom stereocenters. The van der Waals surface area contributed by atoms with E-state index in [0.717, 1.165) is 0 Å². The maximum Gasteiger partial charge on any atom is 0.258 e. The summed E-state index contributed by atoms with van der Waals surface area (Å²) < 4.78 is 10.7. The molecular weight excluding hydrogens is 372 g/mol. The number of anilines is 3. The van der Waals surface area contributed by atoms with Crippen molar-refractivity contribution < 1.29 is 14.3 Å². The molecular formula is C20H22N6O3. The second-order valence-corrected chi connectivity index (χ2v) is 5.84. The zero-order chi connectivity index (χ0) is 20.3. The first-order valence-corrected chi connectivity index (χ1v) is 9.01. The second kappa shape index (κ2) is 10.5. The van der Waals surface area contributed by atoms with Crippen molar-refractivity contribution in [2.24, 2.45) is 0 Å². The number of ether oxygens (including phenoxy) is 2. The Morgan fingerprint density at radius 1 is 0.931 bits per heavy atom. The van der Waals surface area contributed by atoms with Crippen LogP contribution in [0, 0.1) is 0 Å². The number of carbonyl (C=O) groups excluding carboxylic acids is 1. The van der Waals surface area contributed by atoms with Crippen LogP contribution in [-0.4, -0.2) is 47.7 Å². The lowest BCUT2D eigenvalue weighted by atomic mass is 10.3. The van der Waals surface area contributed by atoms with Crippen LogP contribution in [0.25, 0.3) is 0 Å². The first kappa shape index (κ1) is 19.9. The molecule has 0 bridgehead atoms. The first-order valence-electron chi connectivity index (χ1n) is 9.01. The third-order valence-electron chi connectivity index (χ3n) is 3.77. The molecule has 1 amide bonds. The van der Waals surface area contributed by atoms with Crippen LogP contribution < -0.4 is 25.4 Å². The Kier molecular flexibility index (Phi) is 7.16. The molecule has 0 unspecified atom stereocenters. The Hall–Kier alpha value is -3.88. The molecule has 0 fully saturated rings. The van der Waals surface area contributed by atoms with E-state index in [2.05, 4.69) is 30.9 Å². The van der Waals surface area contributed by atoms with E-state index in [1.165, 1.54) is 6.33 Å². The molecule has 0 aliphatic rings. The maximum absolute atomic E-state index is 11.9. The van der Waals surface area contributed by atoms with Gasteiger partial charge in [-0.15, -0.1) is 0 Å². The number of nitrogens with zero attached hydrogens (tertiary/aromatic N) is 3. The van der Waals surface area contributed by atoms with Crippen molar-refractivity contribution in [1.29, 1.82) is 0 Å². The highest BCUT2D eigenvalue weighted by atomic mass is 16.5. The number of aromatic nitrogens is 3. The normalized spacial score (nSPS) is 10.1. The highest BCUT2D eigenvalue weighted by Crippen LogP contribution is 2.25. The fourth-order valence-electron chi connectivity index (χ4n) is 2.42. The Morgan fingerprint density at radius 2 is 1.72 bits per heavy atom. The van der Waals surface area contributed by atoms with Gasteiger partial charge in [-0.3, -0.25) is 4.79 Å². The fraction of sp³-hybridized carbons (Fsp3) is 0.200. The van der Waals surface area contributed by atoms with E-state index in [0.29, 0.717) is 42.0 Å². The van der Waals surface area contributed by atoms with Gasteiger partial charge in [-0.2, -0.15) is 0 Å². The Labute approximate surface area is 168 Å². The minimum atomic E-state index is -0.224. The van der Waals surface area contributed by atoms with Gasteiger partial charge in [0.25, 0.3) is 5.91 Å². The Balaban J connectivity index is 1.39. The van der Waals surface area contributed by atoms with Gasteiger partial charge in [-0.05, 0) is 24.3 Å². The standard InChI is InChI=1S/C20H22N6O3/c1-28-15-6-2-3-7-16(15)29-13-20(27)23-11-10-22-18-12-19(25-14-24-18)26-17-8-4-5-9-21-17/h2-9,12,14H,10-11,13H2,1H3,(H,23,27)(H2,21,22,24,25,26). The Morgan fingerprint density at radius 3 is 2.52 bits per heavy atom. The van der Waals surface area contributed by atoms with Crippen molar-refractivity contribution >= 4 is 23.4 Å². The molecule has 0 aliphatic carbocycles. The van der Waals surface area contributed by atoms with Gasteiger partial charge in [0.1, 0.15) is 23.8 Å². The van der Waals surface area contributed by atoms with Gasteiger partial charge >= 0.3 is 0 Å². The summed E-state index contributed by atoms with van der Waals surface area (Å²) in [5.41, 5.74) is 0. The summed E-state index contributed by atoms with van der Waals surface area (Å²) >= 11 is 0. The molecule has 0 saturated heterocycles. The maximum atomic E-state index is 11.9. The largest absolute Gasteiger partial charge is 0.493 e. The molecule has 0 spiro atoms. The molecule has 3 N–H and O–H groups in total. The topological polar surface area (TPSA) is 110 Å². The van der Waals surface area contributed by atoms with Crippen molar-refractivity contribution in [2.75, 3.05) is 37.4 Å². The minimum Gasteiger partial charge on any atom is -0.493 e. The summed E-state index contributed by atoms with van der Waals surface area (Å²) in [5, 5.41) is 9.01. The average molecular weight is 394 g/mol. The molecule has 0 radical (unpaired) electrons. The summed E-state index contributed by atoms with van der Waals surface area (Å²) in [6.45, 7) is 0.827. The van der Waals surface area contributed by atoms with Crippen molar-refractivity contribution in [3.63, 3.8) is 0 Å². The monoisotopic (exact) mass is 394 g/mol. The molecule has 3 rings (SSSR count). The van der Waals surface area contributed by atoms with Crippen LogP contribution in [0.3, 0.4) is 0 Å². The predicted octanol–water partition coefficient (Wildman–Crippen LogP) is 2.23. The summed E-state index contributed by atoms with van der Waals surface area (Å²) in [6, 6.07) is 14.5. The van der Waals surface area contributed by atoms with E-state index >= 15 is 0 Å². The highest BCUT2D eigenvalue weighted by molar-refractivity contribution is 5.77. The van der Waals surface area contributed by atoms with E-state index in [1.54, 1.807) is 31.5 Å². The van der Waals surface area contributed by atoms with Gasteiger partial charge in [0.2, 0.25) is 0 Å². The summed E-state index contributed by atoms with van der Waals surface area (Å²) in [4.78, 5) is 24.4. The van der Waals surface area contributed by atoms with Gasteiger partial charge in [0.15, 0.2) is 18.1 Å². The third-order valence-corrected chi connectivity index (χ3v) is 3.77. The van der Waals surface area contributed by atoms with Crippen molar-refractivity contribution in [1.82, 2.24) is 20.3 Å². The number of amides is 1. The predicted molar refractivity (Wildman–Crippen MR) is 110 cm³/mol. The summed E-state index contributed by atoms with van der Waals surface area (Å²) in [6.07, 6.45) is 3.15. The van der Waals surface area contributed by atoms with Gasteiger partial charge in [-0.1, -0.05) is 18.2 Å². The van der Waals surface area contributed by atoms with Crippen LogP contribution in [0.2, 0.25) is 0 Å². The molecule has 1 aromatic carbocycles. The summed E-state index contributed by atoms with van der Waals surface area (Å²) in [5.74, 6) is 2.84. The van der Waals surface area contributed by atoms with Crippen LogP contribution >= 0.6 is 0 Å². The number of para-hydroxylation sites is 2. The number of pyridine rings is 1. The molecule has 150 valence electrons. The van der Waals surface area contributed by atoms with Gasteiger partial charge < -0.3 is 25.4 Å². The van der Waals surface area contributed by atoms with E-state index in [9.17, 15) is 4.79 Å². The molecule has 0 saturated carbocycles. The van der Waals surface area contributed by atoms with E-state index in [4.69, 9.17) is 9.47 Å². The molecule has 9 nitrogen and oxygen atoms in total. The van der Waals surface area contributed by atoms with Gasteiger partial charge in [0, 0.05) is 25.4 Å². The van der Waals surface area contributed by atoms with Crippen LogP contribution in [0.15, 0.2) is 61.1 Å². The number of benzene rings is 1. The molecule has 0 aliphatic heterocycles. The number of carbonyl (C=O) groups is 1. The number of methoxy groups -OCH3 is 1. The van der Waals surface area contributed by atoms with E-state index in [-0.39, 0.29) is 12.5 Å². The lowest BCUT2D eigenvalue weighted by Gasteiger charge is -2.11. The van der Waals surface area contributed by atoms with Crippen LogP contribution in [-0.2, 0) is 4.79 Å². The van der Waals surface area contributed by atoms with Crippen LogP contribution in [0.4, 0.5) is 17.5 Å². The number of rotatable bonds is 10. The van der Waals surface area contributed by atoms with E-state index in [1.807, 2.05) is 30.3 Å². The molecule has 2 heterocycles. The highest BCUT2D eigenvalue weighted by Gasteiger charge is 2.06. The smallest absolute Gasteiger partial charge is 0.258 e. The van der Waals surface area contributed by atoms with E-state index < -0.39 is 0 Å². The number of hydrogen-bond donors (Lipinski definition) is 3. The quantitative estimate of drug-likeness (QED) is 0.449. The zero-order valence-corrected chi connectivity index (χ0v) is 16.0. The van der Waals surface area contributed by atoms with Crippen LogP contribution in [0.1, 0.15) is 0 Å².